The first kappa shape index (κ1) is 15.5. The maximum atomic E-state index is 11.9. The number of nitrogens with zero attached hydrogens (tertiary/aromatic N) is 2. The van der Waals surface area contributed by atoms with Gasteiger partial charge in [0, 0.05) is 6.42 Å². The van der Waals surface area contributed by atoms with Crippen LogP contribution in [-0.2, 0) is 17.8 Å². The highest BCUT2D eigenvalue weighted by Crippen LogP contribution is 2.20. The smallest absolute Gasteiger partial charge is 0.239 e. The van der Waals surface area contributed by atoms with Gasteiger partial charge in [0.1, 0.15) is 11.4 Å². The van der Waals surface area contributed by atoms with Crippen molar-refractivity contribution in [3.63, 3.8) is 0 Å². The van der Waals surface area contributed by atoms with Crippen molar-refractivity contribution >= 4 is 16.9 Å². The molecule has 0 saturated heterocycles. The van der Waals surface area contributed by atoms with Crippen LogP contribution in [0.5, 0.6) is 0 Å². The predicted octanol–water partition coefficient (Wildman–Crippen LogP) is 1.84. The molecule has 0 spiro atoms. The quantitative estimate of drug-likeness (QED) is 0.816. The van der Waals surface area contributed by atoms with Gasteiger partial charge in [0.15, 0.2) is 0 Å². The van der Waals surface area contributed by atoms with Gasteiger partial charge in [-0.2, -0.15) is 0 Å². The highest BCUT2D eigenvalue weighted by atomic mass is 16.1. The first-order valence-electron chi connectivity index (χ1n) is 7.51. The van der Waals surface area contributed by atoms with E-state index in [0.29, 0.717) is 13.1 Å². The Morgan fingerprint density at radius 3 is 2.71 bits per heavy atom. The van der Waals surface area contributed by atoms with Gasteiger partial charge in [0.05, 0.1) is 17.6 Å². The Labute approximate surface area is 125 Å². The van der Waals surface area contributed by atoms with Crippen LogP contribution in [0.25, 0.3) is 11.0 Å². The number of hydrogen-bond donors (Lipinski definition) is 2. The fraction of sp³-hybridized carbons (Fsp3) is 0.500. The SMILES string of the molecule is CCCc1nc2ccccc2n1CC(C)(NCC)C(N)=O. The molecule has 1 atom stereocenters. The molecular formula is C16H24N4O. The summed E-state index contributed by atoms with van der Waals surface area (Å²) in [4.78, 5) is 16.6. The molecule has 1 heterocycles. The Hall–Kier alpha value is -1.88. The minimum absolute atomic E-state index is 0.343. The molecule has 0 aliphatic heterocycles. The molecule has 1 unspecified atom stereocenters. The number of nitrogens with two attached hydrogens (primary N) is 1. The third-order valence-corrected chi connectivity index (χ3v) is 3.79. The largest absolute Gasteiger partial charge is 0.368 e. The van der Waals surface area contributed by atoms with E-state index in [1.165, 1.54) is 0 Å². The van der Waals surface area contributed by atoms with Gasteiger partial charge in [-0.25, -0.2) is 4.98 Å². The summed E-state index contributed by atoms with van der Waals surface area (Å²) in [5.41, 5.74) is 6.84. The van der Waals surface area contributed by atoms with Gasteiger partial charge in [-0.1, -0.05) is 26.0 Å². The van der Waals surface area contributed by atoms with Crippen molar-refractivity contribution in [2.45, 2.75) is 45.7 Å². The lowest BCUT2D eigenvalue weighted by Crippen LogP contribution is -2.55. The highest BCUT2D eigenvalue weighted by Gasteiger charge is 2.31. The summed E-state index contributed by atoms with van der Waals surface area (Å²) in [7, 11) is 0. The number of aromatic nitrogens is 2. The fourth-order valence-electron chi connectivity index (χ4n) is 2.64. The second-order valence-corrected chi connectivity index (χ2v) is 5.58. The monoisotopic (exact) mass is 288 g/mol. The summed E-state index contributed by atoms with van der Waals surface area (Å²) < 4.78 is 2.12. The number of nitrogens with one attached hydrogen (secondary N) is 1. The van der Waals surface area contributed by atoms with Gasteiger partial charge in [-0.05, 0) is 32.0 Å². The number of amides is 1. The Balaban J connectivity index is 2.48. The van der Waals surface area contributed by atoms with Gasteiger partial charge in [0.25, 0.3) is 0 Å². The van der Waals surface area contributed by atoms with Crippen LogP contribution in [0.4, 0.5) is 0 Å². The van der Waals surface area contributed by atoms with E-state index >= 15 is 0 Å². The molecule has 5 heteroatoms. The lowest BCUT2D eigenvalue weighted by Gasteiger charge is -2.28. The molecule has 2 aromatic rings. The third-order valence-electron chi connectivity index (χ3n) is 3.79. The van der Waals surface area contributed by atoms with Crippen LogP contribution in [-0.4, -0.2) is 27.5 Å². The zero-order valence-electron chi connectivity index (χ0n) is 13.0. The van der Waals surface area contributed by atoms with E-state index in [1.807, 2.05) is 38.1 Å². The van der Waals surface area contributed by atoms with Gasteiger partial charge in [-0.15, -0.1) is 0 Å². The normalized spacial score (nSPS) is 14.2. The van der Waals surface area contributed by atoms with Crippen LogP contribution in [0.15, 0.2) is 24.3 Å². The molecule has 0 fully saturated rings. The van der Waals surface area contributed by atoms with Crippen molar-refractivity contribution in [3.8, 4) is 0 Å². The Bertz CT molecular complexity index is 634. The number of para-hydroxylation sites is 2. The van der Waals surface area contributed by atoms with Crippen molar-refractivity contribution in [1.29, 1.82) is 0 Å². The molecule has 2 rings (SSSR count). The molecule has 3 N–H and O–H groups in total. The number of primary amides is 1. The van der Waals surface area contributed by atoms with Crippen LogP contribution in [0, 0.1) is 0 Å². The van der Waals surface area contributed by atoms with Crippen LogP contribution >= 0.6 is 0 Å². The predicted molar refractivity (Wildman–Crippen MR) is 85.0 cm³/mol. The molecule has 0 bridgehead atoms. The van der Waals surface area contributed by atoms with E-state index in [-0.39, 0.29) is 5.91 Å². The number of likely N-dealkylation sites (N-methyl/N-ethyl adjacent to an activating group) is 1. The first-order valence-corrected chi connectivity index (χ1v) is 7.51. The molecule has 0 aliphatic rings. The van der Waals surface area contributed by atoms with Crippen molar-refractivity contribution in [2.75, 3.05) is 6.54 Å². The second-order valence-electron chi connectivity index (χ2n) is 5.58. The Morgan fingerprint density at radius 2 is 2.10 bits per heavy atom. The van der Waals surface area contributed by atoms with Crippen molar-refractivity contribution in [2.24, 2.45) is 5.73 Å². The van der Waals surface area contributed by atoms with Gasteiger partial charge in [0.2, 0.25) is 5.91 Å². The number of benzene rings is 1. The zero-order chi connectivity index (χ0) is 15.5. The number of aryl methyl sites for hydroxylation is 1. The molecule has 0 aliphatic carbocycles. The highest BCUT2D eigenvalue weighted by molar-refractivity contribution is 5.84. The average molecular weight is 288 g/mol. The summed E-state index contributed by atoms with van der Waals surface area (Å²) in [6.45, 7) is 7.13. The summed E-state index contributed by atoms with van der Waals surface area (Å²) in [5, 5.41) is 3.21. The summed E-state index contributed by atoms with van der Waals surface area (Å²) in [6, 6.07) is 8.01. The van der Waals surface area contributed by atoms with Crippen LogP contribution in [0.3, 0.4) is 0 Å². The molecule has 21 heavy (non-hydrogen) atoms. The molecular weight excluding hydrogens is 264 g/mol. The average Bonchev–Trinajstić information content (AvgIpc) is 2.77. The molecule has 0 radical (unpaired) electrons. The number of carbonyl (C=O) groups excluding carboxylic acids is 1. The lowest BCUT2D eigenvalue weighted by molar-refractivity contribution is -0.124. The second kappa shape index (κ2) is 6.26. The van der Waals surface area contributed by atoms with Crippen LogP contribution in [0.1, 0.15) is 33.0 Å². The Morgan fingerprint density at radius 1 is 1.38 bits per heavy atom. The van der Waals surface area contributed by atoms with E-state index in [1.54, 1.807) is 0 Å². The molecule has 0 saturated carbocycles. The van der Waals surface area contributed by atoms with Gasteiger partial charge in [-0.3, -0.25) is 4.79 Å². The van der Waals surface area contributed by atoms with Crippen molar-refractivity contribution in [1.82, 2.24) is 14.9 Å². The van der Waals surface area contributed by atoms with Crippen molar-refractivity contribution in [3.05, 3.63) is 30.1 Å². The third kappa shape index (κ3) is 3.08. The summed E-state index contributed by atoms with van der Waals surface area (Å²) in [5.74, 6) is 0.661. The maximum Gasteiger partial charge on any atom is 0.239 e. The molecule has 5 nitrogen and oxygen atoms in total. The van der Waals surface area contributed by atoms with E-state index in [0.717, 1.165) is 29.7 Å². The van der Waals surface area contributed by atoms with Crippen LogP contribution in [0.2, 0.25) is 0 Å². The lowest BCUT2D eigenvalue weighted by atomic mass is 10.0. The minimum atomic E-state index is -0.777. The zero-order valence-corrected chi connectivity index (χ0v) is 13.0. The molecule has 1 amide bonds. The molecule has 114 valence electrons. The van der Waals surface area contributed by atoms with E-state index in [2.05, 4.69) is 21.8 Å². The van der Waals surface area contributed by atoms with Gasteiger partial charge >= 0.3 is 0 Å². The first-order chi connectivity index (χ1) is 10.0. The number of imidazole rings is 1. The number of fused-ring (bicyclic) bond motifs is 1. The van der Waals surface area contributed by atoms with Crippen LogP contribution < -0.4 is 11.1 Å². The van der Waals surface area contributed by atoms with E-state index in [9.17, 15) is 4.79 Å². The standard InChI is InChI=1S/C16H24N4O/c1-4-8-14-19-12-9-6-7-10-13(12)20(14)11-16(3,15(17)21)18-5-2/h6-7,9-10,18H,4-5,8,11H2,1-3H3,(H2,17,21). The molecule has 1 aromatic carbocycles. The number of carbonyl (C=O) groups is 1. The van der Waals surface area contributed by atoms with E-state index in [4.69, 9.17) is 5.73 Å². The topological polar surface area (TPSA) is 72.9 Å². The van der Waals surface area contributed by atoms with Crippen molar-refractivity contribution < 1.29 is 4.79 Å². The summed E-state index contributed by atoms with van der Waals surface area (Å²) in [6.07, 6.45) is 1.90. The number of hydrogen-bond acceptors (Lipinski definition) is 3. The Kier molecular flexibility index (Phi) is 4.63. The van der Waals surface area contributed by atoms with E-state index < -0.39 is 5.54 Å². The summed E-state index contributed by atoms with van der Waals surface area (Å²) >= 11 is 0. The minimum Gasteiger partial charge on any atom is -0.368 e. The maximum absolute atomic E-state index is 11.9. The number of rotatable bonds is 7. The fourth-order valence-corrected chi connectivity index (χ4v) is 2.64. The van der Waals surface area contributed by atoms with Gasteiger partial charge < -0.3 is 15.6 Å². The molecule has 1 aromatic heterocycles.